The van der Waals surface area contributed by atoms with Crippen molar-refractivity contribution >= 4 is 0 Å². The van der Waals surface area contributed by atoms with E-state index in [1.54, 1.807) is 14.2 Å². The average molecular weight is 270 g/mol. The van der Waals surface area contributed by atoms with Gasteiger partial charge >= 0.3 is 0 Å². The van der Waals surface area contributed by atoms with Crippen LogP contribution in [-0.2, 0) is 22.7 Å². The molecule has 20 heavy (non-hydrogen) atoms. The highest BCUT2D eigenvalue weighted by atomic mass is 16.5. The van der Waals surface area contributed by atoms with Crippen LogP contribution in [0.2, 0.25) is 0 Å². The third-order valence-electron chi connectivity index (χ3n) is 3.42. The lowest BCUT2D eigenvalue weighted by molar-refractivity contribution is 0.184. The standard InChI is InChI=1S/C18H22O2/c1-13-6-8-17(16(9-13)12-20-4)18-10-14(2)5-7-15(18)11-19-3/h5-10H,11-12H2,1-4H3. The van der Waals surface area contributed by atoms with Gasteiger partial charge in [-0.2, -0.15) is 0 Å². The van der Waals surface area contributed by atoms with Gasteiger partial charge in [0.15, 0.2) is 0 Å². The first-order valence-electron chi connectivity index (χ1n) is 6.83. The summed E-state index contributed by atoms with van der Waals surface area (Å²) in [7, 11) is 3.47. The lowest BCUT2D eigenvalue weighted by Gasteiger charge is -2.15. The monoisotopic (exact) mass is 270 g/mol. The molecule has 0 aromatic heterocycles. The third kappa shape index (κ3) is 3.27. The first-order valence-corrected chi connectivity index (χ1v) is 6.83. The highest BCUT2D eigenvalue weighted by molar-refractivity contribution is 5.71. The first kappa shape index (κ1) is 14.8. The number of benzene rings is 2. The molecule has 0 amide bonds. The van der Waals surface area contributed by atoms with Gasteiger partial charge in [-0.05, 0) is 36.1 Å². The van der Waals surface area contributed by atoms with Gasteiger partial charge in [0.05, 0.1) is 13.2 Å². The number of hydrogen-bond acceptors (Lipinski definition) is 2. The SMILES string of the molecule is COCc1cc(C)ccc1-c1cc(C)ccc1COC. The molecule has 0 aliphatic carbocycles. The second kappa shape index (κ2) is 6.69. The highest BCUT2D eigenvalue weighted by Crippen LogP contribution is 2.30. The van der Waals surface area contributed by atoms with Crippen LogP contribution in [0, 0.1) is 13.8 Å². The van der Waals surface area contributed by atoms with Gasteiger partial charge in [0.2, 0.25) is 0 Å². The van der Waals surface area contributed by atoms with Gasteiger partial charge in [0, 0.05) is 14.2 Å². The summed E-state index contributed by atoms with van der Waals surface area (Å²) in [5.74, 6) is 0. The Hall–Kier alpha value is -1.64. The van der Waals surface area contributed by atoms with Gasteiger partial charge in [-0.25, -0.2) is 0 Å². The summed E-state index contributed by atoms with van der Waals surface area (Å²) in [4.78, 5) is 0. The Kier molecular flexibility index (Phi) is 4.94. The van der Waals surface area contributed by atoms with E-state index in [9.17, 15) is 0 Å². The van der Waals surface area contributed by atoms with Crippen LogP contribution in [0.15, 0.2) is 36.4 Å². The molecule has 106 valence electrons. The van der Waals surface area contributed by atoms with Crippen molar-refractivity contribution in [3.8, 4) is 11.1 Å². The Labute approximate surface area is 121 Å². The number of aryl methyl sites for hydroxylation is 2. The molecule has 0 saturated heterocycles. The number of rotatable bonds is 5. The first-order chi connectivity index (χ1) is 9.65. The molecular weight excluding hydrogens is 248 g/mol. The van der Waals surface area contributed by atoms with Crippen molar-refractivity contribution in [3.05, 3.63) is 58.7 Å². The zero-order valence-corrected chi connectivity index (χ0v) is 12.7. The van der Waals surface area contributed by atoms with Crippen LogP contribution < -0.4 is 0 Å². The second-order valence-corrected chi connectivity index (χ2v) is 5.19. The van der Waals surface area contributed by atoms with E-state index >= 15 is 0 Å². The van der Waals surface area contributed by atoms with Crippen molar-refractivity contribution < 1.29 is 9.47 Å². The smallest absolute Gasteiger partial charge is 0.0719 e. The van der Waals surface area contributed by atoms with Gasteiger partial charge in [-0.1, -0.05) is 47.5 Å². The third-order valence-corrected chi connectivity index (χ3v) is 3.42. The molecule has 0 atom stereocenters. The summed E-state index contributed by atoms with van der Waals surface area (Å²) in [6.45, 7) is 5.47. The molecule has 2 heteroatoms. The molecular formula is C18H22O2. The summed E-state index contributed by atoms with van der Waals surface area (Å²) in [5, 5.41) is 0. The molecule has 0 saturated carbocycles. The van der Waals surface area contributed by atoms with Crippen LogP contribution in [0.5, 0.6) is 0 Å². The Morgan fingerprint density at radius 3 is 2.00 bits per heavy atom. The van der Waals surface area contributed by atoms with Crippen molar-refractivity contribution in [2.75, 3.05) is 14.2 Å². The fraction of sp³-hybridized carbons (Fsp3) is 0.333. The molecule has 0 N–H and O–H groups in total. The van der Waals surface area contributed by atoms with E-state index < -0.39 is 0 Å². The topological polar surface area (TPSA) is 18.5 Å². The maximum absolute atomic E-state index is 5.34. The van der Waals surface area contributed by atoms with E-state index in [1.165, 1.54) is 33.4 Å². The van der Waals surface area contributed by atoms with E-state index in [1.807, 2.05) is 0 Å². The molecule has 2 rings (SSSR count). The molecule has 0 unspecified atom stereocenters. The molecule has 0 spiro atoms. The Morgan fingerprint density at radius 1 is 0.700 bits per heavy atom. The normalized spacial score (nSPS) is 10.8. The van der Waals surface area contributed by atoms with Crippen molar-refractivity contribution in [3.63, 3.8) is 0 Å². The van der Waals surface area contributed by atoms with Crippen LogP contribution in [0.3, 0.4) is 0 Å². The number of ether oxygens (including phenoxy) is 2. The lowest BCUT2D eigenvalue weighted by atomic mass is 9.93. The summed E-state index contributed by atoms with van der Waals surface area (Å²) in [6, 6.07) is 13.0. The molecule has 2 aromatic rings. The van der Waals surface area contributed by atoms with Crippen LogP contribution in [0.4, 0.5) is 0 Å². The summed E-state index contributed by atoms with van der Waals surface area (Å²) in [6.07, 6.45) is 0. The fourth-order valence-electron chi connectivity index (χ4n) is 2.48. The van der Waals surface area contributed by atoms with Gasteiger partial charge in [-0.15, -0.1) is 0 Å². The minimum absolute atomic E-state index is 0.621. The lowest BCUT2D eigenvalue weighted by Crippen LogP contribution is -1.98. The molecule has 0 bridgehead atoms. The summed E-state index contributed by atoms with van der Waals surface area (Å²) >= 11 is 0. The number of hydrogen-bond donors (Lipinski definition) is 0. The molecule has 2 nitrogen and oxygen atoms in total. The van der Waals surface area contributed by atoms with Crippen LogP contribution in [0.25, 0.3) is 11.1 Å². The van der Waals surface area contributed by atoms with Gasteiger partial charge < -0.3 is 9.47 Å². The Morgan fingerprint density at radius 2 is 1.30 bits per heavy atom. The Bertz CT molecular complexity index is 588. The molecule has 0 aliphatic heterocycles. The predicted octanol–water partition coefficient (Wildman–Crippen LogP) is 4.26. The summed E-state index contributed by atoms with van der Waals surface area (Å²) < 4.78 is 10.7. The van der Waals surface area contributed by atoms with Crippen LogP contribution in [-0.4, -0.2) is 14.2 Å². The van der Waals surface area contributed by atoms with Crippen LogP contribution in [0.1, 0.15) is 22.3 Å². The van der Waals surface area contributed by atoms with Gasteiger partial charge in [0.1, 0.15) is 0 Å². The molecule has 0 fully saturated rings. The minimum atomic E-state index is 0.621. The number of methoxy groups -OCH3 is 2. The molecule has 0 heterocycles. The highest BCUT2D eigenvalue weighted by Gasteiger charge is 2.10. The van der Waals surface area contributed by atoms with Gasteiger partial charge in [-0.3, -0.25) is 0 Å². The predicted molar refractivity (Wildman–Crippen MR) is 82.8 cm³/mol. The average Bonchev–Trinajstić information content (AvgIpc) is 2.42. The summed E-state index contributed by atoms with van der Waals surface area (Å²) in [5.41, 5.74) is 7.40. The second-order valence-electron chi connectivity index (χ2n) is 5.19. The van der Waals surface area contributed by atoms with Crippen molar-refractivity contribution in [1.82, 2.24) is 0 Å². The van der Waals surface area contributed by atoms with Crippen LogP contribution >= 0.6 is 0 Å². The fourth-order valence-corrected chi connectivity index (χ4v) is 2.48. The molecule has 2 aromatic carbocycles. The van der Waals surface area contributed by atoms with Crippen molar-refractivity contribution in [2.24, 2.45) is 0 Å². The van der Waals surface area contributed by atoms with E-state index in [-0.39, 0.29) is 0 Å². The van der Waals surface area contributed by atoms with E-state index in [0.29, 0.717) is 13.2 Å². The minimum Gasteiger partial charge on any atom is -0.380 e. The molecule has 0 aliphatic rings. The van der Waals surface area contributed by atoms with Crippen molar-refractivity contribution in [1.29, 1.82) is 0 Å². The maximum Gasteiger partial charge on any atom is 0.0719 e. The van der Waals surface area contributed by atoms with E-state index in [4.69, 9.17) is 9.47 Å². The van der Waals surface area contributed by atoms with Crippen molar-refractivity contribution in [2.45, 2.75) is 27.1 Å². The Balaban J connectivity index is 2.57. The van der Waals surface area contributed by atoms with E-state index in [0.717, 1.165) is 0 Å². The van der Waals surface area contributed by atoms with Gasteiger partial charge in [0.25, 0.3) is 0 Å². The van der Waals surface area contributed by atoms with E-state index in [2.05, 4.69) is 50.2 Å². The maximum atomic E-state index is 5.34. The largest absolute Gasteiger partial charge is 0.380 e. The zero-order chi connectivity index (χ0) is 14.5. The zero-order valence-electron chi connectivity index (χ0n) is 12.7. The quantitative estimate of drug-likeness (QED) is 0.808. The molecule has 0 radical (unpaired) electrons.